The van der Waals surface area contributed by atoms with Crippen molar-refractivity contribution in [2.45, 2.75) is 13.8 Å². The highest BCUT2D eigenvalue weighted by atomic mass is 35.5. The molecule has 20 heavy (non-hydrogen) atoms. The zero-order valence-corrected chi connectivity index (χ0v) is 12.0. The molecule has 0 fully saturated rings. The van der Waals surface area contributed by atoms with Gasteiger partial charge in [0.1, 0.15) is 11.5 Å². The van der Waals surface area contributed by atoms with Crippen molar-refractivity contribution in [3.8, 4) is 23.4 Å². The van der Waals surface area contributed by atoms with Crippen LogP contribution in [-0.2, 0) is 0 Å². The number of hydrogen-bond acceptors (Lipinski definition) is 5. The monoisotopic (exact) mass is 289 g/mol. The number of hydrogen-bond donors (Lipinski definition) is 0. The van der Waals surface area contributed by atoms with Gasteiger partial charge >= 0.3 is 0 Å². The summed E-state index contributed by atoms with van der Waals surface area (Å²) in [6, 6.07) is 6.95. The van der Waals surface area contributed by atoms with E-state index < -0.39 is 0 Å². The molecular weight excluding hydrogens is 278 g/mol. The van der Waals surface area contributed by atoms with E-state index in [0.717, 1.165) is 11.1 Å². The molecule has 0 atom stereocenters. The van der Waals surface area contributed by atoms with Gasteiger partial charge in [-0.1, -0.05) is 11.6 Å². The first-order valence-corrected chi connectivity index (χ1v) is 6.19. The zero-order valence-electron chi connectivity index (χ0n) is 11.3. The van der Waals surface area contributed by atoms with Crippen molar-refractivity contribution in [1.82, 2.24) is 10.2 Å². The Kier molecular flexibility index (Phi) is 4.06. The maximum Gasteiger partial charge on any atom is 0.242 e. The summed E-state index contributed by atoms with van der Waals surface area (Å²) >= 11 is 5.89. The highest BCUT2D eigenvalue weighted by Crippen LogP contribution is 2.29. The van der Waals surface area contributed by atoms with Crippen molar-refractivity contribution in [3.63, 3.8) is 0 Å². The molecule has 0 saturated heterocycles. The van der Waals surface area contributed by atoms with E-state index in [1.165, 1.54) is 7.11 Å². The fraction of sp³-hybridized carbons (Fsp3) is 0.214. The van der Waals surface area contributed by atoms with Crippen molar-refractivity contribution < 1.29 is 9.47 Å². The minimum Gasteiger partial charge on any atom is -0.497 e. The van der Waals surface area contributed by atoms with Gasteiger partial charge in [0.15, 0.2) is 5.15 Å². The lowest BCUT2D eigenvalue weighted by molar-refractivity contribution is 0.405. The predicted octanol–water partition coefficient (Wildman–Crippen LogP) is 3.42. The number of aromatic nitrogens is 2. The summed E-state index contributed by atoms with van der Waals surface area (Å²) in [5, 5.41) is 17.1. The molecule has 0 N–H and O–H groups in total. The summed E-state index contributed by atoms with van der Waals surface area (Å²) in [6.45, 7) is 3.68. The average Bonchev–Trinajstić information content (AvgIpc) is 2.47. The summed E-state index contributed by atoms with van der Waals surface area (Å²) in [7, 11) is 1.53. The average molecular weight is 290 g/mol. The Bertz CT molecular complexity index is 696. The fourth-order valence-electron chi connectivity index (χ4n) is 1.58. The van der Waals surface area contributed by atoms with Crippen LogP contribution in [-0.4, -0.2) is 17.3 Å². The van der Waals surface area contributed by atoms with E-state index in [-0.39, 0.29) is 0 Å². The Morgan fingerprint density at radius 3 is 2.45 bits per heavy atom. The molecule has 0 aliphatic carbocycles. The summed E-state index contributed by atoms with van der Waals surface area (Å²) in [5.41, 5.74) is 2.04. The number of methoxy groups -OCH3 is 1. The van der Waals surface area contributed by atoms with E-state index >= 15 is 0 Å². The van der Waals surface area contributed by atoms with Crippen molar-refractivity contribution in [2.75, 3.05) is 7.11 Å². The molecule has 0 aliphatic rings. The molecule has 1 aromatic carbocycles. The van der Waals surface area contributed by atoms with Gasteiger partial charge in [-0.15, -0.1) is 10.2 Å². The highest BCUT2D eigenvalue weighted by Gasteiger charge is 2.11. The molecular formula is C14H12ClN3O2. The minimum absolute atomic E-state index is 0.346. The van der Waals surface area contributed by atoms with Gasteiger partial charge in [0.2, 0.25) is 5.88 Å². The van der Waals surface area contributed by atoms with Gasteiger partial charge in [-0.2, -0.15) is 5.26 Å². The number of rotatable bonds is 3. The molecule has 2 aromatic rings. The van der Waals surface area contributed by atoms with Crippen LogP contribution in [0.5, 0.6) is 17.4 Å². The molecule has 6 heteroatoms. The van der Waals surface area contributed by atoms with E-state index in [1.807, 2.05) is 19.9 Å². The summed E-state index contributed by atoms with van der Waals surface area (Å²) in [6.07, 6.45) is 0. The zero-order chi connectivity index (χ0) is 14.7. The third-order valence-electron chi connectivity index (χ3n) is 2.88. The van der Waals surface area contributed by atoms with Crippen LogP contribution < -0.4 is 9.47 Å². The van der Waals surface area contributed by atoms with E-state index in [0.29, 0.717) is 28.1 Å². The lowest BCUT2D eigenvalue weighted by Gasteiger charge is -2.10. The van der Waals surface area contributed by atoms with Crippen molar-refractivity contribution in [3.05, 3.63) is 40.0 Å². The van der Waals surface area contributed by atoms with Crippen LogP contribution in [0.25, 0.3) is 0 Å². The van der Waals surface area contributed by atoms with E-state index in [9.17, 15) is 0 Å². The van der Waals surface area contributed by atoms with Gasteiger partial charge in [0.25, 0.3) is 0 Å². The lowest BCUT2D eigenvalue weighted by Crippen LogP contribution is -1.98. The summed E-state index contributed by atoms with van der Waals surface area (Å²) in [5.74, 6) is 1.35. The first-order chi connectivity index (χ1) is 9.55. The quantitative estimate of drug-likeness (QED) is 0.866. The highest BCUT2D eigenvalue weighted by molar-refractivity contribution is 6.30. The fourth-order valence-corrected chi connectivity index (χ4v) is 1.76. The van der Waals surface area contributed by atoms with Gasteiger partial charge in [0.05, 0.1) is 18.7 Å². The molecule has 0 aliphatic heterocycles. The second-order valence-corrected chi connectivity index (χ2v) is 4.52. The van der Waals surface area contributed by atoms with Crippen LogP contribution in [0.2, 0.25) is 5.15 Å². The van der Waals surface area contributed by atoms with Crippen LogP contribution in [0.15, 0.2) is 18.2 Å². The van der Waals surface area contributed by atoms with E-state index in [4.69, 9.17) is 26.3 Å². The summed E-state index contributed by atoms with van der Waals surface area (Å²) in [4.78, 5) is 0. The van der Waals surface area contributed by atoms with Crippen molar-refractivity contribution in [2.24, 2.45) is 0 Å². The third kappa shape index (κ3) is 2.81. The van der Waals surface area contributed by atoms with Gasteiger partial charge < -0.3 is 9.47 Å². The van der Waals surface area contributed by atoms with Gasteiger partial charge in [-0.3, -0.25) is 0 Å². The molecule has 1 heterocycles. The van der Waals surface area contributed by atoms with Gasteiger partial charge in [0, 0.05) is 11.6 Å². The number of benzene rings is 1. The predicted molar refractivity (Wildman–Crippen MR) is 74.3 cm³/mol. The largest absolute Gasteiger partial charge is 0.497 e. The normalized spacial score (nSPS) is 9.95. The molecule has 5 nitrogen and oxygen atoms in total. The minimum atomic E-state index is 0.346. The van der Waals surface area contributed by atoms with Crippen LogP contribution in [0.4, 0.5) is 0 Å². The van der Waals surface area contributed by atoms with Crippen LogP contribution >= 0.6 is 11.6 Å². The lowest BCUT2D eigenvalue weighted by atomic mass is 10.2. The van der Waals surface area contributed by atoms with Crippen LogP contribution in [0.3, 0.4) is 0 Å². The Hall–Kier alpha value is -2.32. The third-order valence-corrected chi connectivity index (χ3v) is 3.24. The summed E-state index contributed by atoms with van der Waals surface area (Å²) < 4.78 is 10.8. The molecule has 0 unspecified atom stereocenters. The Morgan fingerprint density at radius 1 is 1.10 bits per heavy atom. The van der Waals surface area contributed by atoms with Gasteiger partial charge in [-0.05, 0) is 31.5 Å². The molecule has 1 aromatic heterocycles. The number of nitrogens with zero attached hydrogens (tertiary/aromatic N) is 3. The number of halogens is 1. The Morgan fingerprint density at radius 2 is 1.80 bits per heavy atom. The van der Waals surface area contributed by atoms with Crippen LogP contribution in [0, 0.1) is 25.2 Å². The number of ether oxygens (including phenoxy) is 2. The number of nitriles is 1. The second-order valence-electron chi connectivity index (χ2n) is 4.16. The molecule has 0 amide bonds. The molecule has 0 bridgehead atoms. The van der Waals surface area contributed by atoms with Crippen molar-refractivity contribution >= 4 is 11.6 Å². The smallest absolute Gasteiger partial charge is 0.242 e. The van der Waals surface area contributed by atoms with Crippen molar-refractivity contribution in [1.29, 1.82) is 5.26 Å². The van der Waals surface area contributed by atoms with E-state index in [2.05, 4.69) is 10.2 Å². The topological polar surface area (TPSA) is 68.0 Å². The first kappa shape index (κ1) is 14.1. The maximum absolute atomic E-state index is 8.98. The molecule has 0 spiro atoms. The molecule has 0 radical (unpaired) electrons. The standard InChI is InChI=1S/C14H12ClN3O2/c1-8-9(2)14(18-17-13(8)15)20-12-5-10(7-16)4-11(6-12)19-3/h4-6H,1-3H3. The Balaban J connectivity index is 2.40. The van der Waals surface area contributed by atoms with E-state index in [1.54, 1.807) is 18.2 Å². The van der Waals surface area contributed by atoms with Crippen LogP contribution in [0.1, 0.15) is 16.7 Å². The maximum atomic E-state index is 8.98. The SMILES string of the molecule is COc1cc(C#N)cc(Oc2nnc(Cl)c(C)c2C)c1. The second kappa shape index (κ2) is 5.76. The molecule has 0 saturated carbocycles. The molecule has 2 rings (SSSR count). The molecule has 102 valence electrons. The Labute approximate surface area is 121 Å². The first-order valence-electron chi connectivity index (χ1n) is 5.81. The van der Waals surface area contributed by atoms with Gasteiger partial charge in [-0.25, -0.2) is 0 Å².